The highest BCUT2D eigenvalue weighted by Gasteiger charge is 2.34. The predicted octanol–water partition coefficient (Wildman–Crippen LogP) is 2.58. The fraction of sp³-hybridized carbons (Fsp3) is 0.400. The van der Waals surface area contributed by atoms with Crippen LogP contribution in [0.1, 0.15) is 40.8 Å². The van der Waals surface area contributed by atoms with Crippen molar-refractivity contribution in [1.82, 2.24) is 25.2 Å². The van der Waals surface area contributed by atoms with Crippen LogP contribution in [0, 0.1) is 0 Å². The summed E-state index contributed by atoms with van der Waals surface area (Å²) in [5.74, 6) is -0.166. The van der Waals surface area contributed by atoms with E-state index in [4.69, 9.17) is 10.7 Å². The van der Waals surface area contributed by atoms with Crippen LogP contribution in [0.5, 0.6) is 0 Å². The number of aromatic nitrogens is 3. The number of hydrogen-bond donors (Lipinski definition) is 2. The molecule has 28 heavy (non-hydrogen) atoms. The van der Waals surface area contributed by atoms with E-state index in [2.05, 4.69) is 33.2 Å². The van der Waals surface area contributed by atoms with Gasteiger partial charge in [-0.2, -0.15) is 0 Å². The molecule has 0 bridgehead atoms. The quantitative estimate of drug-likeness (QED) is 0.704. The topological polar surface area (TPSA) is 97.0 Å². The number of thiophene rings is 1. The summed E-state index contributed by atoms with van der Waals surface area (Å²) in [5.41, 5.74) is 8.66. The average Bonchev–Trinajstić information content (AvgIpc) is 3.04. The van der Waals surface area contributed by atoms with Crippen LogP contribution in [0.4, 0.5) is 5.69 Å². The summed E-state index contributed by atoms with van der Waals surface area (Å²) in [5, 5.41) is 3.49. The average molecular weight is 397 g/mol. The Morgan fingerprint density at radius 2 is 2.25 bits per heavy atom. The van der Waals surface area contributed by atoms with Crippen LogP contribution in [-0.2, 0) is 12.0 Å². The summed E-state index contributed by atoms with van der Waals surface area (Å²) >= 11 is 1.36. The van der Waals surface area contributed by atoms with Gasteiger partial charge in [0, 0.05) is 55.2 Å². The zero-order valence-corrected chi connectivity index (χ0v) is 16.9. The zero-order valence-electron chi connectivity index (χ0n) is 16.1. The second-order valence-corrected chi connectivity index (χ2v) is 8.54. The van der Waals surface area contributed by atoms with Crippen LogP contribution < -0.4 is 11.1 Å². The third kappa shape index (κ3) is 3.45. The van der Waals surface area contributed by atoms with Crippen LogP contribution in [0.3, 0.4) is 0 Å². The van der Waals surface area contributed by atoms with Crippen LogP contribution in [0.25, 0.3) is 10.2 Å². The molecular weight excluding hydrogens is 372 g/mol. The molecule has 3 aromatic rings. The number of nitrogens with one attached hydrogen (secondary N) is 1. The minimum absolute atomic E-state index is 0.0550. The Kier molecular flexibility index (Phi) is 4.99. The smallest absolute Gasteiger partial charge is 0.263 e. The SMILES string of the molecule is CNC(=O)c1sc2nc(C3(C)CCCN(Cc4cnccn4)C3)ccc2c1N. The molecule has 0 saturated carbocycles. The summed E-state index contributed by atoms with van der Waals surface area (Å²) in [6, 6.07) is 4.06. The zero-order chi connectivity index (χ0) is 19.7. The monoisotopic (exact) mass is 396 g/mol. The van der Waals surface area contributed by atoms with Gasteiger partial charge >= 0.3 is 0 Å². The van der Waals surface area contributed by atoms with E-state index in [-0.39, 0.29) is 11.3 Å². The molecule has 3 N–H and O–H groups in total. The number of amides is 1. The molecule has 8 heteroatoms. The molecule has 146 valence electrons. The molecule has 1 atom stereocenters. The largest absolute Gasteiger partial charge is 0.397 e. The first kappa shape index (κ1) is 18.8. The third-order valence-electron chi connectivity index (χ3n) is 5.42. The molecule has 1 saturated heterocycles. The van der Waals surface area contributed by atoms with Crippen molar-refractivity contribution < 1.29 is 4.79 Å². The van der Waals surface area contributed by atoms with Crippen LogP contribution >= 0.6 is 11.3 Å². The van der Waals surface area contributed by atoms with Crippen molar-refractivity contribution in [2.75, 3.05) is 25.9 Å². The van der Waals surface area contributed by atoms with Gasteiger partial charge in [0.05, 0.1) is 11.4 Å². The minimum atomic E-state index is -0.166. The van der Waals surface area contributed by atoms with Gasteiger partial charge in [-0.3, -0.25) is 19.7 Å². The molecule has 3 aromatic heterocycles. The Morgan fingerprint density at radius 1 is 1.39 bits per heavy atom. The van der Waals surface area contributed by atoms with Crippen LogP contribution in [0.2, 0.25) is 0 Å². The van der Waals surface area contributed by atoms with Gasteiger partial charge in [0.2, 0.25) is 0 Å². The molecular formula is C20H24N6OS. The highest BCUT2D eigenvalue weighted by molar-refractivity contribution is 7.21. The van der Waals surface area contributed by atoms with Gasteiger partial charge in [-0.15, -0.1) is 11.3 Å². The van der Waals surface area contributed by atoms with Crippen molar-refractivity contribution in [3.05, 3.63) is 47.0 Å². The Bertz CT molecular complexity index is 1000. The molecule has 4 rings (SSSR count). The number of fused-ring (bicyclic) bond motifs is 1. The number of pyridine rings is 1. The Hall–Kier alpha value is -2.58. The molecule has 0 aliphatic carbocycles. The number of carbonyl (C=O) groups is 1. The van der Waals surface area contributed by atoms with Crippen LogP contribution in [-0.4, -0.2) is 45.9 Å². The predicted molar refractivity (Wildman–Crippen MR) is 111 cm³/mol. The van der Waals surface area contributed by atoms with E-state index in [9.17, 15) is 4.79 Å². The highest BCUT2D eigenvalue weighted by atomic mass is 32.1. The van der Waals surface area contributed by atoms with Crippen molar-refractivity contribution >= 4 is 33.1 Å². The van der Waals surface area contributed by atoms with Crippen molar-refractivity contribution in [3.8, 4) is 0 Å². The van der Waals surface area contributed by atoms with Gasteiger partial charge in [-0.05, 0) is 31.5 Å². The fourth-order valence-electron chi connectivity index (χ4n) is 3.94. The number of nitrogens with two attached hydrogens (primary N) is 1. The van der Waals surface area contributed by atoms with Crippen LogP contribution in [0.15, 0.2) is 30.7 Å². The molecule has 1 aliphatic rings. The first-order chi connectivity index (χ1) is 13.5. The van der Waals surface area contributed by atoms with Gasteiger partial charge in [0.25, 0.3) is 5.91 Å². The van der Waals surface area contributed by atoms with Gasteiger partial charge in [0.15, 0.2) is 0 Å². The lowest BCUT2D eigenvalue weighted by Gasteiger charge is -2.40. The lowest BCUT2D eigenvalue weighted by Crippen LogP contribution is -2.44. The fourth-order valence-corrected chi connectivity index (χ4v) is 4.98. The number of carbonyl (C=O) groups excluding carboxylic acids is 1. The number of anilines is 1. The lowest BCUT2D eigenvalue weighted by molar-refractivity contribution is 0.0968. The molecule has 0 radical (unpaired) electrons. The number of piperidine rings is 1. The molecule has 7 nitrogen and oxygen atoms in total. The maximum Gasteiger partial charge on any atom is 0.263 e. The van der Waals surface area contributed by atoms with E-state index >= 15 is 0 Å². The third-order valence-corrected chi connectivity index (χ3v) is 6.54. The second-order valence-electron chi connectivity index (χ2n) is 7.54. The molecule has 1 unspecified atom stereocenters. The Morgan fingerprint density at radius 3 is 3.00 bits per heavy atom. The Labute approximate surface area is 168 Å². The number of likely N-dealkylation sites (tertiary alicyclic amines) is 1. The first-order valence-electron chi connectivity index (χ1n) is 9.39. The number of nitrogens with zero attached hydrogens (tertiary/aromatic N) is 4. The Balaban J connectivity index is 1.61. The van der Waals surface area contributed by atoms with Gasteiger partial charge in [-0.1, -0.05) is 6.92 Å². The van der Waals surface area contributed by atoms with Crippen molar-refractivity contribution in [1.29, 1.82) is 0 Å². The number of nitrogen functional groups attached to an aromatic ring is 1. The summed E-state index contributed by atoms with van der Waals surface area (Å²) < 4.78 is 0. The van der Waals surface area contributed by atoms with E-state index < -0.39 is 0 Å². The maximum absolute atomic E-state index is 12.0. The van der Waals surface area contributed by atoms with Gasteiger partial charge in [-0.25, -0.2) is 4.98 Å². The molecule has 1 fully saturated rings. The molecule has 0 spiro atoms. The van der Waals surface area contributed by atoms with Gasteiger partial charge in [0.1, 0.15) is 9.71 Å². The summed E-state index contributed by atoms with van der Waals surface area (Å²) in [7, 11) is 1.61. The van der Waals surface area contributed by atoms with Gasteiger partial charge < -0.3 is 11.1 Å². The molecule has 4 heterocycles. The maximum atomic E-state index is 12.0. The molecule has 0 aromatic carbocycles. The second kappa shape index (κ2) is 7.44. The highest BCUT2D eigenvalue weighted by Crippen LogP contribution is 2.37. The van der Waals surface area contributed by atoms with Crippen molar-refractivity contribution in [3.63, 3.8) is 0 Å². The first-order valence-corrected chi connectivity index (χ1v) is 10.2. The van der Waals surface area contributed by atoms with E-state index in [1.807, 2.05) is 12.3 Å². The number of rotatable bonds is 4. The molecule has 1 amide bonds. The normalized spacial score (nSPS) is 20.4. The summed E-state index contributed by atoms with van der Waals surface area (Å²) in [6.07, 6.45) is 7.44. The van der Waals surface area contributed by atoms with E-state index in [0.717, 1.165) is 54.1 Å². The van der Waals surface area contributed by atoms with Crippen molar-refractivity contribution in [2.45, 2.75) is 31.7 Å². The van der Waals surface area contributed by atoms with Crippen molar-refractivity contribution in [2.24, 2.45) is 0 Å². The van der Waals surface area contributed by atoms with E-state index in [0.29, 0.717) is 10.6 Å². The molecule has 1 aliphatic heterocycles. The van der Waals surface area contributed by atoms with E-state index in [1.54, 1.807) is 19.4 Å². The van der Waals surface area contributed by atoms with E-state index in [1.165, 1.54) is 11.3 Å². The number of hydrogen-bond acceptors (Lipinski definition) is 7. The lowest BCUT2D eigenvalue weighted by atomic mass is 9.78. The summed E-state index contributed by atoms with van der Waals surface area (Å²) in [4.78, 5) is 29.3. The minimum Gasteiger partial charge on any atom is -0.397 e. The standard InChI is InChI=1S/C20H24N6OS/c1-20(6-3-9-26(12-20)11-13-10-23-7-8-24-13)15-5-4-14-16(21)17(18(27)22-2)28-19(14)25-15/h4-5,7-8,10H,3,6,9,11-12,21H2,1-2H3,(H,22,27). The summed E-state index contributed by atoms with van der Waals surface area (Å²) in [6.45, 7) is 5.01.